The molecule has 3 aliphatic rings. The molecule has 0 aromatic rings. The highest BCUT2D eigenvalue weighted by Crippen LogP contribution is 2.31. The minimum atomic E-state index is -0.258. The molecule has 1 N–H and O–H groups in total. The van der Waals surface area contributed by atoms with Gasteiger partial charge in [0.1, 0.15) is 0 Å². The monoisotopic (exact) mass is 252 g/mol. The van der Waals surface area contributed by atoms with E-state index in [0.29, 0.717) is 18.1 Å². The Morgan fingerprint density at radius 1 is 1.39 bits per heavy atom. The summed E-state index contributed by atoms with van der Waals surface area (Å²) >= 11 is 0. The van der Waals surface area contributed by atoms with Gasteiger partial charge in [0.05, 0.1) is 17.7 Å². The second-order valence-corrected chi connectivity index (χ2v) is 6.03. The fourth-order valence-corrected chi connectivity index (χ4v) is 3.82. The van der Waals surface area contributed by atoms with Gasteiger partial charge in [-0.15, -0.1) is 0 Å². The molecule has 3 unspecified atom stereocenters. The van der Waals surface area contributed by atoms with Crippen molar-refractivity contribution >= 4 is 5.91 Å². The van der Waals surface area contributed by atoms with Crippen molar-refractivity contribution < 1.29 is 9.53 Å². The second-order valence-electron chi connectivity index (χ2n) is 6.03. The van der Waals surface area contributed by atoms with E-state index in [9.17, 15) is 4.79 Å². The molecule has 3 heterocycles. The van der Waals surface area contributed by atoms with Crippen molar-refractivity contribution in [2.24, 2.45) is 0 Å². The number of fused-ring (bicyclic) bond motifs is 2. The Kier molecular flexibility index (Phi) is 3.32. The summed E-state index contributed by atoms with van der Waals surface area (Å²) in [5, 5.41) is 3.49. The first-order chi connectivity index (χ1) is 8.73. The summed E-state index contributed by atoms with van der Waals surface area (Å²) in [7, 11) is 0. The Morgan fingerprint density at radius 2 is 2.11 bits per heavy atom. The standard InChI is InChI=1S/C14H24N2O2/c1-2-6-14(7-3-8-15-14)13(17)16-9-11-4-5-12(10-16)18-11/h11-12,15H,2-10H2,1H3. The highest BCUT2D eigenvalue weighted by molar-refractivity contribution is 5.87. The van der Waals surface area contributed by atoms with Crippen LogP contribution in [-0.2, 0) is 9.53 Å². The number of nitrogens with zero attached hydrogens (tertiary/aromatic N) is 1. The van der Waals surface area contributed by atoms with E-state index in [1.165, 1.54) is 0 Å². The number of ether oxygens (including phenoxy) is 1. The van der Waals surface area contributed by atoms with Gasteiger partial charge >= 0.3 is 0 Å². The molecule has 3 saturated heterocycles. The number of morpholine rings is 1. The summed E-state index contributed by atoms with van der Waals surface area (Å²) in [5.74, 6) is 0.335. The summed E-state index contributed by atoms with van der Waals surface area (Å²) in [6.45, 7) is 4.77. The van der Waals surface area contributed by atoms with E-state index in [1.54, 1.807) is 0 Å². The van der Waals surface area contributed by atoms with Crippen LogP contribution in [0.15, 0.2) is 0 Å². The minimum Gasteiger partial charge on any atom is -0.371 e. The average molecular weight is 252 g/mol. The molecule has 18 heavy (non-hydrogen) atoms. The van der Waals surface area contributed by atoms with Gasteiger partial charge in [-0.3, -0.25) is 4.79 Å². The van der Waals surface area contributed by atoms with Crippen molar-refractivity contribution in [1.29, 1.82) is 0 Å². The normalized spacial score (nSPS) is 39.3. The van der Waals surface area contributed by atoms with Crippen molar-refractivity contribution in [2.45, 2.75) is 63.2 Å². The van der Waals surface area contributed by atoms with Gasteiger partial charge < -0.3 is 15.0 Å². The lowest BCUT2D eigenvalue weighted by molar-refractivity contribution is -0.146. The quantitative estimate of drug-likeness (QED) is 0.823. The first-order valence-corrected chi connectivity index (χ1v) is 7.43. The molecule has 0 saturated carbocycles. The van der Waals surface area contributed by atoms with Gasteiger partial charge in [-0.2, -0.15) is 0 Å². The van der Waals surface area contributed by atoms with Gasteiger partial charge in [0, 0.05) is 13.1 Å². The third-order valence-electron chi connectivity index (χ3n) is 4.66. The molecule has 1 amide bonds. The lowest BCUT2D eigenvalue weighted by Crippen LogP contribution is -2.58. The molecule has 3 aliphatic heterocycles. The van der Waals surface area contributed by atoms with Crippen LogP contribution in [0.2, 0.25) is 0 Å². The lowest BCUT2D eigenvalue weighted by atomic mass is 9.90. The second kappa shape index (κ2) is 4.82. The van der Waals surface area contributed by atoms with Crippen molar-refractivity contribution in [3.63, 3.8) is 0 Å². The highest BCUT2D eigenvalue weighted by Gasteiger charge is 2.45. The Morgan fingerprint density at radius 3 is 2.67 bits per heavy atom. The summed E-state index contributed by atoms with van der Waals surface area (Å²) in [4.78, 5) is 14.9. The van der Waals surface area contributed by atoms with Crippen molar-refractivity contribution in [1.82, 2.24) is 10.2 Å². The highest BCUT2D eigenvalue weighted by atomic mass is 16.5. The topological polar surface area (TPSA) is 41.6 Å². The number of likely N-dealkylation sites (tertiary alicyclic amines) is 1. The molecule has 4 nitrogen and oxygen atoms in total. The van der Waals surface area contributed by atoms with Crippen LogP contribution in [0.3, 0.4) is 0 Å². The van der Waals surface area contributed by atoms with E-state index < -0.39 is 0 Å². The third kappa shape index (κ3) is 2.05. The zero-order chi connectivity index (χ0) is 12.6. The van der Waals surface area contributed by atoms with E-state index in [2.05, 4.69) is 17.1 Å². The minimum absolute atomic E-state index is 0.258. The van der Waals surface area contributed by atoms with E-state index in [-0.39, 0.29) is 5.54 Å². The maximum Gasteiger partial charge on any atom is 0.243 e. The molecule has 0 spiro atoms. The number of carbonyl (C=O) groups excluding carboxylic acids is 1. The van der Waals surface area contributed by atoms with Gasteiger partial charge in [0.2, 0.25) is 5.91 Å². The number of nitrogens with one attached hydrogen (secondary N) is 1. The Labute approximate surface area is 109 Å². The molecule has 0 aromatic carbocycles. The summed E-state index contributed by atoms with van der Waals surface area (Å²) in [5.41, 5.74) is -0.258. The molecular weight excluding hydrogens is 228 g/mol. The SMILES string of the molecule is CCCC1(C(=O)N2CC3CCC(C2)O3)CCCN1. The number of amides is 1. The van der Waals surface area contributed by atoms with Crippen molar-refractivity contribution in [3.8, 4) is 0 Å². The molecule has 3 rings (SSSR count). The smallest absolute Gasteiger partial charge is 0.243 e. The summed E-state index contributed by atoms with van der Waals surface area (Å²) in [6.07, 6.45) is 7.02. The van der Waals surface area contributed by atoms with Crippen LogP contribution >= 0.6 is 0 Å². The van der Waals surface area contributed by atoms with Crippen molar-refractivity contribution in [3.05, 3.63) is 0 Å². The molecule has 3 atom stereocenters. The van der Waals surface area contributed by atoms with Crippen LogP contribution in [0.1, 0.15) is 45.4 Å². The summed E-state index contributed by atoms with van der Waals surface area (Å²) < 4.78 is 5.82. The number of hydrogen-bond donors (Lipinski definition) is 1. The predicted octanol–water partition coefficient (Wildman–Crippen LogP) is 1.30. The molecular formula is C14H24N2O2. The predicted molar refractivity (Wildman–Crippen MR) is 69.4 cm³/mol. The van der Waals surface area contributed by atoms with Crippen LogP contribution in [0.4, 0.5) is 0 Å². The third-order valence-corrected chi connectivity index (χ3v) is 4.66. The molecule has 0 radical (unpaired) electrons. The van der Waals surface area contributed by atoms with Gasteiger partial charge in [-0.05, 0) is 38.6 Å². The molecule has 102 valence electrons. The Hall–Kier alpha value is -0.610. The van der Waals surface area contributed by atoms with Gasteiger partial charge in [0.15, 0.2) is 0 Å². The zero-order valence-corrected chi connectivity index (χ0v) is 11.3. The maximum absolute atomic E-state index is 12.8. The van der Waals surface area contributed by atoms with Crippen LogP contribution < -0.4 is 5.32 Å². The zero-order valence-electron chi connectivity index (χ0n) is 11.3. The number of carbonyl (C=O) groups is 1. The fourth-order valence-electron chi connectivity index (χ4n) is 3.82. The van der Waals surface area contributed by atoms with Crippen molar-refractivity contribution in [2.75, 3.05) is 19.6 Å². The number of rotatable bonds is 3. The molecule has 3 fully saturated rings. The summed E-state index contributed by atoms with van der Waals surface area (Å²) in [6, 6.07) is 0. The largest absolute Gasteiger partial charge is 0.371 e. The van der Waals surface area contributed by atoms with Crippen LogP contribution in [-0.4, -0.2) is 48.2 Å². The fraction of sp³-hybridized carbons (Fsp3) is 0.929. The Balaban J connectivity index is 1.72. The van der Waals surface area contributed by atoms with E-state index >= 15 is 0 Å². The lowest BCUT2D eigenvalue weighted by Gasteiger charge is -2.38. The maximum atomic E-state index is 12.8. The van der Waals surface area contributed by atoms with Crippen LogP contribution in [0, 0.1) is 0 Å². The van der Waals surface area contributed by atoms with Crippen LogP contribution in [0.25, 0.3) is 0 Å². The Bertz CT molecular complexity index is 314. The van der Waals surface area contributed by atoms with Gasteiger partial charge in [-0.25, -0.2) is 0 Å². The first-order valence-electron chi connectivity index (χ1n) is 7.43. The first kappa shape index (κ1) is 12.4. The van der Waals surface area contributed by atoms with Gasteiger partial charge in [-0.1, -0.05) is 13.3 Å². The molecule has 0 aliphatic carbocycles. The molecule has 0 aromatic heterocycles. The van der Waals surface area contributed by atoms with E-state index in [4.69, 9.17) is 4.74 Å². The van der Waals surface area contributed by atoms with E-state index in [0.717, 1.165) is 58.2 Å². The molecule has 4 heteroatoms. The van der Waals surface area contributed by atoms with Gasteiger partial charge in [0.25, 0.3) is 0 Å². The number of hydrogen-bond acceptors (Lipinski definition) is 3. The van der Waals surface area contributed by atoms with E-state index in [1.807, 2.05) is 0 Å². The van der Waals surface area contributed by atoms with Crippen LogP contribution in [0.5, 0.6) is 0 Å². The average Bonchev–Trinajstić information content (AvgIpc) is 2.97. The molecule has 2 bridgehead atoms.